The fourth-order valence-corrected chi connectivity index (χ4v) is 3.23. The first-order chi connectivity index (χ1) is 10.1. The number of rotatable bonds is 4. The molecule has 4 nitrogen and oxygen atoms in total. The Morgan fingerprint density at radius 3 is 2.86 bits per heavy atom. The Morgan fingerprint density at radius 2 is 2.10 bits per heavy atom. The number of likely N-dealkylation sites (N-methyl/N-ethyl adjacent to an activating group) is 1. The van der Waals surface area contributed by atoms with Crippen molar-refractivity contribution in [3.05, 3.63) is 23.4 Å². The molecule has 2 aliphatic rings. The summed E-state index contributed by atoms with van der Waals surface area (Å²) in [5.74, 6) is 1.16. The average molecular weight is 288 g/mol. The van der Waals surface area contributed by atoms with E-state index in [4.69, 9.17) is 4.98 Å². The monoisotopic (exact) mass is 288 g/mol. The minimum Gasteiger partial charge on any atom is -0.353 e. The highest BCUT2D eigenvalue weighted by atomic mass is 15.3. The van der Waals surface area contributed by atoms with Crippen LogP contribution in [0.5, 0.6) is 0 Å². The van der Waals surface area contributed by atoms with Gasteiger partial charge >= 0.3 is 0 Å². The van der Waals surface area contributed by atoms with Crippen LogP contribution in [-0.4, -0.2) is 48.6 Å². The maximum Gasteiger partial charge on any atom is 0.129 e. The fraction of sp³-hybridized carbons (Fsp3) is 0.706. The second kappa shape index (κ2) is 6.32. The zero-order chi connectivity index (χ0) is 14.8. The van der Waals surface area contributed by atoms with Crippen LogP contribution in [0.15, 0.2) is 12.1 Å². The molecule has 0 amide bonds. The van der Waals surface area contributed by atoms with Crippen LogP contribution < -0.4 is 10.2 Å². The predicted octanol–water partition coefficient (Wildman–Crippen LogP) is 2.17. The first-order valence-electron chi connectivity index (χ1n) is 8.28. The molecule has 1 unspecified atom stereocenters. The van der Waals surface area contributed by atoms with Gasteiger partial charge in [0.1, 0.15) is 5.82 Å². The second-order valence-electron chi connectivity index (χ2n) is 6.79. The van der Waals surface area contributed by atoms with E-state index in [-0.39, 0.29) is 0 Å². The molecule has 3 rings (SSSR count). The summed E-state index contributed by atoms with van der Waals surface area (Å²) in [6.07, 6.45) is 3.89. The molecule has 0 aromatic carbocycles. The number of nitrogens with one attached hydrogen (secondary N) is 1. The number of nitrogens with zero attached hydrogens (tertiary/aromatic N) is 3. The smallest absolute Gasteiger partial charge is 0.129 e. The van der Waals surface area contributed by atoms with Crippen LogP contribution in [0.25, 0.3) is 0 Å². The second-order valence-corrected chi connectivity index (χ2v) is 6.79. The van der Waals surface area contributed by atoms with Crippen molar-refractivity contribution in [2.24, 2.45) is 0 Å². The number of hydrogen-bond acceptors (Lipinski definition) is 4. The van der Waals surface area contributed by atoms with Crippen LogP contribution >= 0.6 is 0 Å². The number of aromatic nitrogens is 1. The lowest BCUT2D eigenvalue weighted by atomic mass is 10.2. The Bertz CT molecular complexity index is 484. The minimum absolute atomic E-state index is 0.524. The molecule has 0 spiro atoms. The summed E-state index contributed by atoms with van der Waals surface area (Å²) in [6.45, 7) is 8.81. The lowest BCUT2D eigenvalue weighted by Crippen LogP contribution is -2.38. The summed E-state index contributed by atoms with van der Waals surface area (Å²) < 4.78 is 0. The Morgan fingerprint density at radius 1 is 1.29 bits per heavy atom. The number of hydrogen-bond donors (Lipinski definition) is 1. The van der Waals surface area contributed by atoms with E-state index in [1.54, 1.807) is 0 Å². The third-order valence-corrected chi connectivity index (χ3v) is 4.51. The van der Waals surface area contributed by atoms with E-state index in [1.165, 1.54) is 31.4 Å². The molecule has 1 aromatic rings. The van der Waals surface area contributed by atoms with Crippen molar-refractivity contribution in [1.29, 1.82) is 0 Å². The molecule has 1 atom stereocenters. The summed E-state index contributed by atoms with van der Waals surface area (Å²) >= 11 is 0. The summed E-state index contributed by atoms with van der Waals surface area (Å²) in [4.78, 5) is 9.71. The summed E-state index contributed by atoms with van der Waals surface area (Å²) in [5, 5.41) is 3.61. The molecule has 1 N–H and O–H groups in total. The molecule has 4 heteroatoms. The lowest BCUT2D eigenvalue weighted by Gasteiger charge is -2.29. The van der Waals surface area contributed by atoms with Gasteiger partial charge in [0.15, 0.2) is 0 Å². The molecule has 1 saturated carbocycles. The molecule has 116 valence electrons. The normalized spacial score (nSPS) is 24.1. The Balaban J connectivity index is 1.75. The van der Waals surface area contributed by atoms with Crippen molar-refractivity contribution in [3.63, 3.8) is 0 Å². The molecule has 2 fully saturated rings. The van der Waals surface area contributed by atoms with Crippen molar-refractivity contribution >= 4 is 5.82 Å². The van der Waals surface area contributed by atoms with Gasteiger partial charge in [-0.15, -0.1) is 0 Å². The third-order valence-electron chi connectivity index (χ3n) is 4.51. The van der Waals surface area contributed by atoms with Crippen molar-refractivity contribution in [2.75, 3.05) is 31.6 Å². The highest BCUT2D eigenvalue weighted by Gasteiger charge is 2.22. The molecule has 21 heavy (non-hydrogen) atoms. The van der Waals surface area contributed by atoms with E-state index in [0.29, 0.717) is 6.04 Å². The van der Waals surface area contributed by atoms with Gasteiger partial charge in [-0.2, -0.15) is 0 Å². The van der Waals surface area contributed by atoms with E-state index in [2.05, 4.69) is 48.1 Å². The molecule has 1 aliphatic heterocycles. The van der Waals surface area contributed by atoms with Gasteiger partial charge in [0.25, 0.3) is 0 Å². The minimum atomic E-state index is 0.524. The van der Waals surface area contributed by atoms with Gasteiger partial charge in [0.2, 0.25) is 0 Å². The SMILES string of the molecule is Cc1cc(CNC2CC2)cc(N2CCCN(C)CC2C)n1. The lowest BCUT2D eigenvalue weighted by molar-refractivity contribution is 0.337. The molecule has 1 saturated heterocycles. The van der Waals surface area contributed by atoms with E-state index in [0.717, 1.165) is 37.2 Å². The van der Waals surface area contributed by atoms with Crippen molar-refractivity contribution in [2.45, 2.75) is 51.7 Å². The van der Waals surface area contributed by atoms with Gasteiger partial charge in [-0.05, 0) is 64.4 Å². The van der Waals surface area contributed by atoms with Gasteiger partial charge in [-0.25, -0.2) is 4.98 Å². The highest BCUT2D eigenvalue weighted by molar-refractivity contribution is 5.44. The summed E-state index contributed by atoms with van der Waals surface area (Å²) in [5.41, 5.74) is 2.50. The zero-order valence-corrected chi connectivity index (χ0v) is 13.6. The molecule has 2 heterocycles. The molecular weight excluding hydrogens is 260 g/mol. The van der Waals surface area contributed by atoms with Gasteiger partial charge in [0, 0.05) is 37.4 Å². The molecule has 0 radical (unpaired) electrons. The fourth-order valence-electron chi connectivity index (χ4n) is 3.23. The Kier molecular flexibility index (Phi) is 4.45. The summed E-state index contributed by atoms with van der Waals surface area (Å²) in [6, 6.07) is 5.78. The standard InChI is InChI=1S/C17H28N4/c1-13-9-15(11-18-16-5-6-16)10-17(19-13)21-8-4-7-20(3)12-14(21)2/h9-10,14,16,18H,4-8,11-12H2,1-3H3. The quantitative estimate of drug-likeness (QED) is 0.920. The van der Waals surface area contributed by atoms with Crippen LogP contribution in [0.1, 0.15) is 37.4 Å². The van der Waals surface area contributed by atoms with E-state index >= 15 is 0 Å². The largest absolute Gasteiger partial charge is 0.353 e. The molecular formula is C17H28N4. The molecule has 0 bridgehead atoms. The van der Waals surface area contributed by atoms with Gasteiger partial charge < -0.3 is 15.1 Å². The predicted molar refractivity (Wildman–Crippen MR) is 87.8 cm³/mol. The number of anilines is 1. The average Bonchev–Trinajstić information content (AvgIpc) is 3.24. The van der Waals surface area contributed by atoms with Crippen LogP contribution in [-0.2, 0) is 6.54 Å². The topological polar surface area (TPSA) is 31.4 Å². The number of pyridine rings is 1. The van der Waals surface area contributed by atoms with E-state index < -0.39 is 0 Å². The van der Waals surface area contributed by atoms with E-state index in [9.17, 15) is 0 Å². The molecule has 1 aromatic heterocycles. The van der Waals surface area contributed by atoms with Crippen LogP contribution in [0, 0.1) is 6.92 Å². The van der Waals surface area contributed by atoms with Crippen LogP contribution in [0.3, 0.4) is 0 Å². The maximum atomic E-state index is 4.80. The van der Waals surface area contributed by atoms with Crippen molar-refractivity contribution < 1.29 is 0 Å². The Labute approximate surface area is 128 Å². The van der Waals surface area contributed by atoms with Gasteiger partial charge in [-0.1, -0.05) is 0 Å². The highest BCUT2D eigenvalue weighted by Crippen LogP contribution is 2.22. The van der Waals surface area contributed by atoms with Crippen molar-refractivity contribution in [1.82, 2.24) is 15.2 Å². The van der Waals surface area contributed by atoms with Crippen LogP contribution in [0.4, 0.5) is 5.82 Å². The van der Waals surface area contributed by atoms with Crippen LogP contribution in [0.2, 0.25) is 0 Å². The van der Waals surface area contributed by atoms with Crippen molar-refractivity contribution in [3.8, 4) is 0 Å². The first kappa shape index (κ1) is 14.8. The Hall–Kier alpha value is -1.13. The third kappa shape index (κ3) is 3.95. The molecule has 1 aliphatic carbocycles. The zero-order valence-electron chi connectivity index (χ0n) is 13.6. The maximum absolute atomic E-state index is 4.80. The first-order valence-corrected chi connectivity index (χ1v) is 8.28. The van der Waals surface area contributed by atoms with Gasteiger partial charge in [0.05, 0.1) is 0 Å². The van der Waals surface area contributed by atoms with Gasteiger partial charge in [-0.3, -0.25) is 0 Å². The van der Waals surface area contributed by atoms with E-state index in [1.807, 2.05) is 0 Å². The number of aryl methyl sites for hydroxylation is 1. The summed E-state index contributed by atoms with van der Waals surface area (Å²) in [7, 11) is 2.22.